The van der Waals surface area contributed by atoms with Gasteiger partial charge in [0.1, 0.15) is 5.82 Å². The molecule has 94 valence electrons. The van der Waals surface area contributed by atoms with Crippen molar-refractivity contribution in [1.82, 2.24) is 14.9 Å². The average Bonchev–Trinajstić information content (AvgIpc) is 2.82. The molecule has 4 nitrogen and oxygen atoms in total. The molecule has 0 bridgehead atoms. The normalized spacial score (nSPS) is 16.6. The highest BCUT2D eigenvalue weighted by Crippen LogP contribution is 2.21. The minimum Gasteiger partial charge on any atom is -0.369 e. The Morgan fingerprint density at radius 1 is 1.47 bits per heavy atom. The summed E-state index contributed by atoms with van der Waals surface area (Å²) in [5, 5.41) is 3.55. The third-order valence-corrected chi connectivity index (χ3v) is 3.53. The van der Waals surface area contributed by atoms with Crippen molar-refractivity contribution in [3.63, 3.8) is 0 Å². The van der Waals surface area contributed by atoms with Crippen LogP contribution in [0.1, 0.15) is 25.7 Å². The van der Waals surface area contributed by atoms with Gasteiger partial charge < -0.3 is 10.2 Å². The fourth-order valence-electron chi connectivity index (χ4n) is 2.32. The molecule has 2 rings (SSSR count). The first-order valence-electron chi connectivity index (χ1n) is 6.18. The van der Waals surface area contributed by atoms with Gasteiger partial charge in [-0.2, -0.15) is 0 Å². The van der Waals surface area contributed by atoms with Crippen LogP contribution in [0, 0.1) is 0 Å². The zero-order valence-corrected chi connectivity index (χ0v) is 11.0. The van der Waals surface area contributed by atoms with Gasteiger partial charge in [0.25, 0.3) is 0 Å². The quantitative estimate of drug-likeness (QED) is 0.820. The van der Waals surface area contributed by atoms with Crippen LogP contribution in [0.5, 0.6) is 0 Å². The van der Waals surface area contributed by atoms with Crippen molar-refractivity contribution in [2.75, 3.05) is 25.5 Å². The van der Waals surface area contributed by atoms with Gasteiger partial charge in [-0.3, -0.25) is 0 Å². The van der Waals surface area contributed by atoms with Crippen LogP contribution in [0.15, 0.2) is 12.3 Å². The summed E-state index contributed by atoms with van der Waals surface area (Å²) in [6.45, 7) is 1.92. The molecule has 1 heterocycles. The van der Waals surface area contributed by atoms with Crippen LogP contribution in [-0.4, -0.2) is 41.0 Å². The molecule has 5 heteroatoms. The molecule has 1 aliphatic carbocycles. The van der Waals surface area contributed by atoms with E-state index >= 15 is 0 Å². The summed E-state index contributed by atoms with van der Waals surface area (Å²) in [6, 6.07) is 2.60. The number of rotatable bonds is 5. The molecule has 0 spiro atoms. The van der Waals surface area contributed by atoms with E-state index in [1.54, 1.807) is 6.20 Å². The van der Waals surface area contributed by atoms with E-state index in [0.717, 1.165) is 24.9 Å². The third kappa shape index (κ3) is 3.82. The number of hydrogen-bond donors (Lipinski definition) is 1. The maximum absolute atomic E-state index is 5.72. The van der Waals surface area contributed by atoms with E-state index in [1.807, 2.05) is 6.07 Å². The summed E-state index contributed by atoms with van der Waals surface area (Å²) in [6.07, 6.45) is 7.11. The van der Waals surface area contributed by atoms with Gasteiger partial charge in [-0.25, -0.2) is 9.97 Å². The van der Waals surface area contributed by atoms with Crippen LogP contribution < -0.4 is 5.32 Å². The zero-order valence-electron chi connectivity index (χ0n) is 10.2. The van der Waals surface area contributed by atoms with Crippen LogP contribution in [-0.2, 0) is 0 Å². The number of likely N-dealkylation sites (N-methyl/N-ethyl adjacent to an activating group) is 1. The van der Waals surface area contributed by atoms with Crippen molar-refractivity contribution in [3.05, 3.63) is 17.5 Å². The first-order chi connectivity index (χ1) is 8.25. The van der Waals surface area contributed by atoms with Crippen molar-refractivity contribution in [3.8, 4) is 0 Å². The summed E-state index contributed by atoms with van der Waals surface area (Å²) in [4.78, 5) is 10.4. The van der Waals surface area contributed by atoms with E-state index < -0.39 is 0 Å². The van der Waals surface area contributed by atoms with Crippen LogP contribution in [0.4, 0.5) is 5.82 Å². The molecule has 17 heavy (non-hydrogen) atoms. The number of anilines is 1. The molecular formula is C12H19ClN4. The Morgan fingerprint density at radius 2 is 2.24 bits per heavy atom. The van der Waals surface area contributed by atoms with Crippen LogP contribution >= 0.6 is 11.6 Å². The monoisotopic (exact) mass is 254 g/mol. The summed E-state index contributed by atoms with van der Waals surface area (Å²) in [7, 11) is 2.20. The molecule has 0 atom stereocenters. The SMILES string of the molecule is CN(CCNc1ccnc(Cl)n1)C1CCCC1. The molecule has 1 aromatic heterocycles. The predicted molar refractivity (Wildman–Crippen MR) is 70.4 cm³/mol. The molecule has 1 saturated carbocycles. The van der Waals surface area contributed by atoms with E-state index in [9.17, 15) is 0 Å². The molecule has 0 saturated heterocycles. The van der Waals surface area contributed by atoms with Crippen molar-refractivity contribution in [2.24, 2.45) is 0 Å². The van der Waals surface area contributed by atoms with Gasteiger partial charge in [-0.05, 0) is 37.6 Å². The van der Waals surface area contributed by atoms with Crippen molar-refractivity contribution in [1.29, 1.82) is 0 Å². The molecular weight excluding hydrogens is 236 g/mol. The van der Waals surface area contributed by atoms with E-state index in [2.05, 4.69) is 27.2 Å². The van der Waals surface area contributed by atoms with Crippen molar-refractivity contribution in [2.45, 2.75) is 31.7 Å². The summed E-state index contributed by atoms with van der Waals surface area (Å²) in [5.74, 6) is 0.796. The first-order valence-corrected chi connectivity index (χ1v) is 6.56. The van der Waals surface area contributed by atoms with E-state index in [0.29, 0.717) is 5.28 Å². The third-order valence-electron chi connectivity index (χ3n) is 3.34. The first kappa shape index (κ1) is 12.6. The Labute approximate surface area is 107 Å². The second-order valence-corrected chi connectivity index (χ2v) is 4.89. The van der Waals surface area contributed by atoms with E-state index in [-0.39, 0.29) is 0 Å². The number of halogens is 1. The Bertz CT molecular complexity index is 352. The molecule has 1 aromatic rings. The Hall–Kier alpha value is -0.870. The van der Waals surface area contributed by atoms with Gasteiger partial charge in [-0.1, -0.05) is 12.8 Å². The van der Waals surface area contributed by atoms with Crippen LogP contribution in [0.3, 0.4) is 0 Å². The molecule has 0 aromatic carbocycles. The van der Waals surface area contributed by atoms with Gasteiger partial charge in [0.2, 0.25) is 5.28 Å². The maximum Gasteiger partial charge on any atom is 0.224 e. The summed E-state index contributed by atoms with van der Waals surface area (Å²) in [5.41, 5.74) is 0. The second-order valence-electron chi connectivity index (χ2n) is 4.56. The predicted octanol–water partition coefficient (Wildman–Crippen LogP) is 2.42. The van der Waals surface area contributed by atoms with Gasteiger partial charge >= 0.3 is 0 Å². The maximum atomic E-state index is 5.72. The summed E-state index contributed by atoms with van der Waals surface area (Å²) < 4.78 is 0. The number of nitrogens with one attached hydrogen (secondary N) is 1. The van der Waals surface area contributed by atoms with E-state index in [1.165, 1.54) is 25.7 Å². The molecule has 0 radical (unpaired) electrons. The Kier molecular flexibility index (Phi) is 4.57. The van der Waals surface area contributed by atoms with Crippen LogP contribution in [0.2, 0.25) is 5.28 Å². The largest absolute Gasteiger partial charge is 0.369 e. The van der Waals surface area contributed by atoms with Crippen LogP contribution in [0.25, 0.3) is 0 Å². The van der Waals surface area contributed by atoms with Gasteiger partial charge in [0.15, 0.2) is 0 Å². The molecule has 0 unspecified atom stereocenters. The Morgan fingerprint density at radius 3 is 2.94 bits per heavy atom. The van der Waals surface area contributed by atoms with Crippen molar-refractivity contribution < 1.29 is 0 Å². The fourth-order valence-corrected chi connectivity index (χ4v) is 2.47. The fraction of sp³-hybridized carbons (Fsp3) is 0.667. The molecule has 1 N–H and O–H groups in total. The molecule has 1 fully saturated rings. The highest BCUT2D eigenvalue weighted by molar-refractivity contribution is 6.28. The molecule has 1 aliphatic rings. The lowest BCUT2D eigenvalue weighted by Crippen LogP contribution is -2.33. The van der Waals surface area contributed by atoms with Crippen molar-refractivity contribution >= 4 is 17.4 Å². The number of aromatic nitrogens is 2. The topological polar surface area (TPSA) is 41.0 Å². The van der Waals surface area contributed by atoms with Gasteiger partial charge in [0.05, 0.1) is 0 Å². The Balaban J connectivity index is 1.71. The lowest BCUT2D eigenvalue weighted by molar-refractivity contribution is 0.254. The van der Waals surface area contributed by atoms with Gasteiger partial charge in [0, 0.05) is 25.3 Å². The highest BCUT2D eigenvalue weighted by Gasteiger charge is 2.18. The summed E-state index contributed by atoms with van der Waals surface area (Å²) >= 11 is 5.72. The average molecular weight is 255 g/mol. The number of nitrogens with zero attached hydrogens (tertiary/aromatic N) is 3. The van der Waals surface area contributed by atoms with E-state index in [4.69, 9.17) is 11.6 Å². The zero-order chi connectivity index (χ0) is 12.1. The second kappa shape index (κ2) is 6.17. The lowest BCUT2D eigenvalue weighted by Gasteiger charge is -2.23. The lowest BCUT2D eigenvalue weighted by atomic mass is 10.2. The van der Waals surface area contributed by atoms with Gasteiger partial charge in [-0.15, -0.1) is 0 Å². The highest BCUT2D eigenvalue weighted by atomic mass is 35.5. The molecule has 0 amide bonds. The minimum absolute atomic E-state index is 0.291. The number of hydrogen-bond acceptors (Lipinski definition) is 4. The standard InChI is InChI=1S/C12H19ClN4/c1-17(10-4-2-3-5-10)9-8-14-11-6-7-15-12(13)16-11/h6-7,10H,2-5,8-9H2,1H3,(H,14,15,16). The minimum atomic E-state index is 0.291. The molecule has 0 aliphatic heterocycles. The smallest absolute Gasteiger partial charge is 0.224 e.